The lowest BCUT2D eigenvalue weighted by atomic mass is 10.1. The van der Waals surface area contributed by atoms with E-state index < -0.39 is 0 Å². The summed E-state index contributed by atoms with van der Waals surface area (Å²) in [5.74, 6) is 0. The van der Waals surface area contributed by atoms with Crippen molar-refractivity contribution in [3.8, 4) is 0 Å². The van der Waals surface area contributed by atoms with Gasteiger partial charge in [-0.2, -0.15) is 0 Å². The molecule has 0 aliphatic heterocycles. The second kappa shape index (κ2) is 6.13. The van der Waals surface area contributed by atoms with Gasteiger partial charge in [-0.1, -0.05) is 15.9 Å². The summed E-state index contributed by atoms with van der Waals surface area (Å²) in [6.07, 6.45) is 1.04. The van der Waals surface area contributed by atoms with E-state index in [1.807, 2.05) is 0 Å². The Balaban J connectivity index is 2.81. The van der Waals surface area contributed by atoms with Gasteiger partial charge in [0.25, 0.3) is 0 Å². The number of benzene rings is 1. The molecule has 3 heteroatoms. The highest BCUT2D eigenvalue weighted by Crippen LogP contribution is 2.23. The molecule has 1 rings (SSSR count). The van der Waals surface area contributed by atoms with Crippen LogP contribution in [0, 0.1) is 6.92 Å². The Morgan fingerprint density at radius 3 is 2.67 bits per heavy atom. The van der Waals surface area contributed by atoms with Gasteiger partial charge in [0.15, 0.2) is 0 Å². The first-order valence-corrected chi connectivity index (χ1v) is 6.19. The van der Waals surface area contributed by atoms with Crippen LogP contribution in [0.3, 0.4) is 0 Å². The maximum absolute atomic E-state index is 5.54. The molecule has 0 fully saturated rings. The lowest BCUT2D eigenvalue weighted by molar-refractivity contribution is 0.752. The highest BCUT2D eigenvalue weighted by molar-refractivity contribution is 9.10. The lowest BCUT2D eigenvalue weighted by Crippen LogP contribution is -2.26. The fraction of sp³-hybridized carbons (Fsp3) is 0.500. The maximum atomic E-state index is 5.54. The Labute approximate surface area is 101 Å². The molecule has 0 aromatic heterocycles. The summed E-state index contributed by atoms with van der Waals surface area (Å²) < 4.78 is 1.14. The van der Waals surface area contributed by atoms with Crippen LogP contribution in [0.15, 0.2) is 22.7 Å². The van der Waals surface area contributed by atoms with Crippen LogP contribution in [-0.4, -0.2) is 19.6 Å². The smallest absolute Gasteiger partial charge is 0.0396 e. The fourth-order valence-electron chi connectivity index (χ4n) is 1.70. The zero-order valence-corrected chi connectivity index (χ0v) is 11.0. The third-order valence-corrected chi connectivity index (χ3v) is 3.01. The van der Waals surface area contributed by atoms with Gasteiger partial charge in [-0.25, -0.2) is 0 Å². The van der Waals surface area contributed by atoms with Crippen LogP contribution in [0.4, 0.5) is 5.69 Å². The van der Waals surface area contributed by atoms with Crippen molar-refractivity contribution in [1.82, 2.24) is 0 Å². The molecule has 0 saturated carbocycles. The Kier molecular flexibility index (Phi) is 5.12. The normalized spacial score (nSPS) is 10.4. The predicted molar refractivity (Wildman–Crippen MR) is 70.4 cm³/mol. The first kappa shape index (κ1) is 12.5. The molecule has 0 radical (unpaired) electrons. The quantitative estimate of drug-likeness (QED) is 0.892. The topological polar surface area (TPSA) is 29.3 Å². The molecule has 0 atom stereocenters. The van der Waals surface area contributed by atoms with E-state index in [1.54, 1.807) is 0 Å². The molecule has 0 aliphatic carbocycles. The van der Waals surface area contributed by atoms with E-state index in [0.29, 0.717) is 0 Å². The Bertz CT molecular complexity index is 312. The van der Waals surface area contributed by atoms with Crippen molar-refractivity contribution in [2.75, 3.05) is 24.5 Å². The average Bonchev–Trinajstić information content (AvgIpc) is 2.21. The third kappa shape index (κ3) is 3.50. The van der Waals surface area contributed by atoms with Crippen molar-refractivity contribution in [3.05, 3.63) is 28.2 Å². The molecule has 0 bridgehead atoms. The van der Waals surface area contributed by atoms with Crippen LogP contribution in [0.1, 0.15) is 18.9 Å². The molecule has 0 saturated heterocycles. The monoisotopic (exact) mass is 270 g/mol. The molecule has 0 aliphatic rings. The van der Waals surface area contributed by atoms with Crippen molar-refractivity contribution in [3.63, 3.8) is 0 Å². The SMILES string of the molecule is CCN(CCCN)c1ccc(Br)cc1C. The minimum absolute atomic E-state index is 0.756. The van der Waals surface area contributed by atoms with Crippen molar-refractivity contribution in [2.45, 2.75) is 20.3 Å². The molecule has 0 spiro atoms. The average molecular weight is 271 g/mol. The van der Waals surface area contributed by atoms with Crippen LogP contribution >= 0.6 is 15.9 Å². The van der Waals surface area contributed by atoms with Crippen LogP contribution in [0.25, 0.3) is 0 Å². The first-order chi connectivity index (χ1) is 7.19. The predicted octanol–water partition coefficient (Wildman–Crippen LogP) is 2.93. The first-order valence-electron chi connectivity index (χ1n) is 5.40. The summed E-state index contributed by atoms with van der Waals surface area (Å²) in [4.78, 5) is 2.37. The van der Waals surface area contributed by atoms with E-state index in [-0.39, 0.29) is 0 Å². The number of nitrogens with two attached hydrogens (primary N) is 1. The second-order valence-corrected chi connectivity index (χ2v) is 4.57. The van der Waals surface area contributed by atoms with Gasteiger partial charge < -0.3 is 10.6 Å². The van der Waals surface area contributed by atoms with E-state index in [0.717, 1.165) is 30.5 Å². The molecule has 2 nitrogen and oxygen atoms in total. The van der Waals surface area contributed by atoms with Gasteiger partial charge in [-0.3, -0.25) is 0 Å². The van der Waals surface area contributed by atoms with Crippen molar-refractivity contribution in [2.24, 2.45) is 5.73 Å². The molecule has 0 heterocycles. The summed E-state index contributed by atoms with van der Waals surface area (Å²) in [5, 5.41) is 0. The Hall–Kier alpha value is -0.540. The summed E-state index contributed by atoms with van der Waals surface area (Å²) in [6, 6.07) is 6.41. The third-order valence-electron chi connectivity index (χ3n) is 2.51. The minimum Gasteiger partial charge on any atom is -0.372 e. The molecular formula is C12H19BrN2. The zero-order valence-electron chi connectivity index (χ0n) is 9.46. The summed E-state index contributed by atoms with van der Waals surface area (Å²) in [5.41, 5.74) is 8.16. The molecule has 2 N–H and O–H groups in total. The van der Waals surface area contributed by atoms with Crippen LogP contribution in [0.2, 0.25) is 0 Å². The van der Waals surface area contributed by atoms with Crippen molar-refractivity contribution in [1.29, 1.82) is 0 Å². The van der Waals surface area contributed by atoms with Gasteiger partial charge in [0.1, 0.15) is 0 Å². The van der Waals surface area contributed by atoms with Gasteiger partial charge in [-0.05, 0) is 50.6 Å². The lowest BCUT2D eigenvalue weighted by Gasteiger charge is -2.24. The second-order valence-electron chi connectivity index (χ2n) is 3.65. The minimum atomic E-state index is 0.756. The van der Waals surface area contributed by atoms with E-state index in [9.17, 15) is 0 Å². The van der Waals surface area contributed by atoms with E-state index in [4.69, 9.17) is 5.73 Å². The maximum Gasteiger partial charge on any atom is 0.0396 e. The van der Waals surface area contributed by atoms with Gasteiger partial charge in [0.2, 0.25) is 0 Å². The molecule has 15 heavy (non-hydrogen) atoms. The van der Waals surface area contributed by atoms with Gasteiger partial charge in [-0.15, -0.1) is 0 Å². The Morgan fingerprint density at radius 2 is 2.13 bits per heavy atom. The van der Waals surface area contributed by atoms with Gasteiger partial charge >= 0.3 is 0 Å². The van der Waals surface area contributed by atoms with Gasteiger partial charge in [0.05, 0.1) is 0 Å². The fourth-order valence-corrected chi connectivity index (χ4v) is 2.18. The molecular weight excluding hydrogens is 252 g/mol. The van der Waals surface area contributed by atoms with Crippen LogP contribution in [0.5, 0.6) is 0 Å². The number of hydrogen-bond acceptors (Lipinski definition) is 2. The summed E-state index contributed by atoms with van der Waals surface area (Å²) in [6.45, 7) is 7.15. The highest BCUT2D eigenvalue weighted by Gasteiger charge is 2.06. The number of halogens is 1. The Morgan fingerprint density at radius 1 is 1.40 bits per heavy atom. The van der Waals surface area contributed by atoms with Crippen LogP contribution in [-0.2, 0) is 0 Å². The zero-order chi connectivity index (χ0) is 11.3. The van der Waals surface area contributed by atoms with Crippen LogP contribution < -0.4 is 10.6 Å². The number of nitrogens with zero attached hydrogens (tertiary/aromatic N) is 1. The van der Waals surface area contributed by atoms with Crippen molar-refractivity contribution >= 4 is 21.6 Å². The highest BCUT2D eigenvalue weighted by atomic mass is 79.9. The van der Waals surface area contributed by atoms with Crippen molar-refractivity contribution < 1.29 is 0 Å². The van der Waals surface area contributed by atoms with Gasteiger partial charge in [0, 0.05) is 23.2 Å². The molecule has 1 aromatic carbocycles. The standard InChI is InChI=1S/C12H19BrN2/c1-3-15(8-4-7-14)12-6-5-11(13)9-10(12)2/h5-6,9H,3-4,7-8,14H2,1-2H3. The summed E-state index contributed by atoms with van der Waals surface area (Å²) in [7, 11) is 0. The van der Waals surface area contributed by atoms with E-state index in [1.165, 1.54) is 11.3 Å². The largest absolute Gasteiger partial charge is 0.372 e. The molecule has 84 valence electrons. The number of anilines is 1. The van der Waals surface area contributed by atoms with E-state index in [2.05, 4.69) is 52.9 Å². The summed E-state index contributed by atoms with van der Waals surface area (Å²) >= 11 is 3.48. The number of rotatable bonds is 5. The number of hydrogen-bond donors (Lipinski definition) is 1. The molecule has 0 unspecified atom stereocenters. The molecule has 1 aromatic rings. The number of aryl methyl sites for hydroxylation is 1. The van der Waals surface area contributed by atoms with E-state index >= 15 is 0 Å². The molecule has 0 amide bonds.